The SMILES string of the molecule is [B]Oc1ncccc1P(=O)(c1ccccc1)c1ccccc1. The van der Waals surface area contributed by atoms with E-state index < -0.39 is 7.14 Å². The summed E-state index contributed by atoms with van der Waals surface area (Å²) in [5.74, 6) is 0.179. The minimum Gasteiger partial charge on any atom is -0.554 e. The average molecular weight is 305 g/mol. The van der Waals surface area contributed by atoms with Crippen molar-refractivity contribution in [2.45, 2.75) is 0 Å². The van der Waals surface area contributed by atoms with Crippen molar-refractivity contribution in [1.82, 2.24) is 4.98 Å². The van der Waals surface area contributed by atoms with Crippen molar-refractivity contribution in [2.75, 3.05) is 0 Å². The second kappa shape index (κ2) is 6.21. The van der Waals surface area contributed by atoms with Gasteiger partial charge in [0.25, 0.3) is 0 Å². The summed E-state index contributed by atoms with van der Waals surface area (Å²) in [6.45, 7) is 0. The first kappa shape index (κ1) is 14.6. The van der Waals surface area contributed by atoms with Gasteiger partial charge in [-0.1, -0.05) is 60.7 Å². The molecule has 0 atom stereocenters. The third-order valence-corrected chi connectivity index (χ3v) is 6.51. The maximum Gasteiger partial charge on any atom is 0.376 e. The number of nitrogens with zero attached hydrogens (tertiary/aromatic N) is 1. The third kappa shape index (κ3) is 2.47. The zero-order valence-electron chi connectivity index (χ0n) is 11.8. The van der Waals surface area contributed by atoms with Crippen LogP contribution in [0.15, 0.2) is 79.0 Å². The predicted molar refractivity (Wildman–Crippen MR) is 90.0 cm³/mol. The van der Waals surface area contributed by atoms with Gasteiger partial charge in [-0.15, -0.1) is 0 Å². The average Bonchev–Trinajstić information content (AvgIpc) is 2.62. The molecular weight excluding hydrogens is 292 g/mol. The van der Waals surface area contributed by atoms with Crippen molar-refractivity contribution in [3.8, 4) is 5.88 Å². The molecule has 106 valence electrons. The van der Waals surface area contributed by atoms with Crippen molar-refractivity contribution < 1.29 is 9.22 Å². The fourth-order valence-corrected chi connectivity index (χ4v) is 5.13. The van der Waals surface area contributed by atoms with E-state index in [0.717, 1.165) is 0 Å². The molecular formula is C17H13BNO2P. The van der Waals surface area contributed by atoms with Crippen LogP contribution in [0.3, 0.4) is 0 Å². The lowest BCUT2D eigenvalue weighted by molar-refractivity contribution is 0.582. The molecule has 3 rings (SSSR count). The number of benzene rings is 2. The minimum atomic E-state index is -3.10. The van der Waals surface area contributed by atoms with Gasteiger partial charge in [-0.2, -0.15) is 0 Å². The Bertz CT molecular complexity index is 766. The first-order valence-electron chi connectivity index (χ1n) is 6.80. The Morgan fingerprint density at radius 3 is 1.86 bits per heavy atom. The van der Waals surface area contributed by atoms with E-state index in [0.29, 0.717) is 15.9 Å². The molecule has 0 amide bonds. The Balaban J connectivity index is 2.32. The second-order valence-electron chi connectivity index (χ2n) is 4.73. The van der Waals surface area contributed by atoms with Crippen molar-refractivity contribution >= 4 is 31.1 Å². The van der Waals surface area contributed by atoms with Crippen LogP contribution in [0, 0.1) is 0 Å². The predicted octanol–water partition coefficient (Wildman–Crippen LogP) is 2.18. The Morgan fingerprint density at radius 2 is 1.36 bits per heavy atom. The largest absolute Gasteiger partial charge is 0.554 e. The molecule has 2 radical (unpaired) electrons. The first-order valence-corrected chi connectivity index (χ1v) is 8.51. The highest BCUT2D eigenvalue weighted by molar-refractivity contribution is 7.85. The van der Waals surface area contributed by atoms with Gasteiger partial charge in [-0.25, -0.2) is 4.98 Å². The molecule has 0 N–H and O–H groups in total. The van der Waals surface area contributed by atoms with E-state index in [-0.39, 0.29) is 5.88 Å². The highest BCUT2D eigenvalue weighted by Gasteiger charge is 2.32. The van der Waals surface area contributed by atoms with Crippen molar-refractivity contribution in [1.29, 1.82) is 0 Å². The number of hydrogen-bond acceptors (Lipinski definition) is 3. The van der Waals surface area contributed by atoms with Gasteiger partial charge in [0.2, 0.25) is 5.88 Å². The molecule has 2 aromatic carbocycles. The van der Waals surface area contributed by atoms with Crippen molar-refractivity contribution in [2.24, 2.45) is 0 Å². The maximum atomic E-state index is 14.0. The molecule has 0 fully saturated rings. The summed E-state index contributed by atoms with van der Waals surface area (Å²) >= 11 is 0. The lowest BCUT2D eigenvalue weighted by atomic mass is 10.4. The Labute approximate surface area is 130 Å². The topological polar surface area (TPSA) is 39.2 Å². The molecule has 3 nitrogen and oxygen atoms in total. The molecule has 1 heterocycles. The second-order valence-corrected chi connectivity index (χ2v) is 7.46. The Kier molecular flexibility index (Phi) is 4.12. The minimum absolute atomic E-state index is 0.179. The van der Waals surface area contributed by atoms with Crippen LogP contribution in [-0.2, 0) is 4.57 Å². The molecule has 0 aliphatic rings. The van der Waals surface area contributed by atoms with E-state index in [9.17, 15) is 4.57 Å². The number of pyridine rings is 1. The smallest absolute Gasteiger partial charge is 0.376 e. The fourth-order valence-electron chi connectivity index (χ4n) is 2.42. The number of hydrogen-bond donors (Lipinski definition) is 0. The molecule has 0 unspecified atom stereocenters. The maximum absolute atomic E-state index is 14.0. The van der Waals surface area contributed by atoms with Gasteiger partial charge in [0.05, 0.1) is 5.30 Å². The lowest BCUT2D eigenvalue weighted by Gasteiger charge is -2.21. The van der Waals surface area contributed by atoms with Gasteiger partial charge in [0.1, 0.15) is 0 Å². The van der Waals surface area contributed by atoms with E-state index in [1.54, 1.807) is 18.3 Å². The number of aromatic nitrogens is 1. The molecule has 1 aromatic heterocycles. The molecule has 0 saturated carbocycles. The highest BCUT2D eigenvalue weighted by atomic mass is 31.2. The summed E-state index contributed by atoms with van der Waals surface area (Å²) in [5, 5.41) is 1.93. The molecule has 0 saturated heterocycles. The monoisotopic (exact) mass is 305 g/mol. The van der Waals surface area contributed by atoms with Gasteiger partial charge in [0.15, 0.2) is 7.14 Å². The molecule has 22 heavy (non-hydrogen) atoms. The van der Waals surface area contributed by atoms with Gasteiger partial charge < -0.3 is 9.22 Å². The van der Waals surface area contributed by atoms with E-state index in [1.807, 2.05) is 60.7 Å². The van der Waals surface area contributed by atoms with Gasteiger partial charge in [-0.3, -0.25) is 0 Å². The van der Waals surface area contributed by atoms with Crippen LogP contribution in [0.5, 0.6) is 5.88 Å². The highest BCUT2D eigenvalue weighted by Crippen LogP contribution is 2.44. The van der Waals surface area contributed by atoms with Gasteiger partial charge in [-0.05, 0) is 12.1 Å². The van der Waals surface area contributed by atoms with Crippen LogP contribution in [0.4, 0.5) is 0 Å². The lowest BCUT2D eigenvalue weighted by Crippen LogP contribution is -2.26. The zero-order valence-corrected chi connectivity index (χ0v) is 12.7. The molecule has 0 aliphatic heterocycles. The van der Waals surface area contributed by atoms with Crippen molar-refractivity contribution in [3.63, 3.8) is 0 Å². The Hall–Kier alpha value is -2.32. The summed E-state index contributed by atoms with van der Waals surface area (Å²) in [6.07, 6.45) is 1.56. The summed E-state index contributed by atoms with van der Waals surface area (Å²) in [7, 11) is 2.22. The summed E-state index contributed by atoms with van der Waals surface area (Å²) in [4.78, 5) is 4.09. The molecule has 3 aromatic rings. The van der Waals surface area contributed by atoms with E-state index in [1.165, 1.54) is 0 Å². The van der Waals surface area contributed by atoms with E-state index in [2.05, 4.69) is 4.98 Å². The molecule has 0 spiro atoms. The first-order chi connectivity index (χ1) is 10.8. The Morgan fingerprint density at radius 1 is 0.818 bits per heavy atom. The quantitative estimate of drug-likeness (QED) is 0.548. The van der Waals surface area contributed by atoms with Crippen LogP contribution in [0.25, 0.3) is 0 Å². The standard InChI is InChI=1S/C17H13BNO2P/c18-21-17-16(12-7-13-19-17)22(20,14-8-3-1-4-9-14)15-10-5-2-6-11-15/h1-13H. The van der Waals surface area contributed by atoms with Crippen LogP contribution < -0.4 is 20.6 Å². The normalized spacial score (nSPS) is 11.1. The molecule has 0 bridgehead atoms. The summed E-state index contributed by atoms with van der Waals surface area (Å²) in [6, 6.07) is 22.1. The van der Waals surface area contributed by atoms with Gasteiger partial charge in [0, 0.05) is 16.8 Å². The number of rotatable bonds is 4. The zero-order chi connectivity index (χ0) is 15.4. The van der Waals surface area contributed by atoms with Crippen LogP contribution in [-0.4, -0.2) is 13.0 Å². The third-order valence-electron chi connectivity index (χ3n) is 3.44. The fraction of sp³-hybridized carbons (Fsp3) is 0. The van der Waals surface area contributed by atoms with Crippen LogP contribution in [0.2, 0.25) is 0 Å². The van der Waals surface area contributed by atoms with Crippen molar-refractivity contribution in [3.05, 3.63) is 79.0 Å². The summed E-state index contributed by atoms with van der Waals surface area (Å²) < 4.78 is 18.9. The van der Waals surface area contributed by atoms with Crippen LogP contribution >= 0.6 is 7.14 Å². The molecule has 5 heteroatoms. The van der Waals surface area contributed by atoms with E-state index >= 15 is 0 Å². The summed E-state index contributed by atoms with van der Waals surface area (Å²) in [5.41, 5.74) is 0. The van der Waals surface area contributed by atoms with Gasteiger partial charge >= 0.3 is 8.05 Å². The van der Waals surface area contributed by atoms with E-state index in [4.69, 9.17) is 12.7 Å². The molecule has 0 aliphatic carbocycles. The van der Waals surface area contributed by atoms with Crippen LogP contribution in [0.1, 0.15) is 0 Å².